The molecule has 0 aliphatic carbocycles. The quantitative estimate of drug-likeness (QED) is 0.118. The third kappa shape index (κ3) is 5.96. The van der Waals surface area contributed by atoms with Crippen LogP contribution in [0.5, 0.6) is 0 Å². The summed E-state index contributed by atoms with van der Waals surface area (Å²) in [7, 11) is -2.20. The second-order valence-corrected chi connectivity index (χ2v) is 22.4. The first kappa shape index (κ1) is 38.3. The third-order valence-electron chi connectivity index (χ3n) is 14.0. The normalized spacial score (nSPS) is 12.8. The summed E-state index contributed by atoms with van der Waals surface area (Å²) in [5, 5.41) is 12.9. The average Bonchev–Trinajstić information content (AvgIpc) is 3.74. The van der Waals surface area contributed by atoms with Crippen LogP contribution in [0.25, 0.3) is 76.5 Å². The Morgan fingerprint density at radius 1 is 0.303 bits per heavy atom. The van der Waals surface area contributed by atoms with E-state index >= 15 is 0 Å². The molecule has 3 nitrogen and oxygen atoms in total. The van der Waals surface area contributed by atoms with Crippen LogP contribution in [0, 0.1) is 0 Å². The molecule has 2 heterocycles. The lowest BCUT2D eigenvalue weighted by atomic mass is 9.87. The van der Waals surface area contributed by atoms with Crippen molar-refractivity contribution in [3.8, 4) is 22.3 Å². The summed E-state index contributed by atoms with van der Waals surface area (Å²) < 4.78 is 6.80. The van der Waals surface area contributed by atoms with Gasteiger partial charge in [0, 0.05) is 51.0 Å². The molecule has 0 spiro atoms. The molecule has 13 rings (SSSR count). The van der Waals surface area contributed by atoms with Gasteiger partial charge >= 0.3 is 0 Å². The molecular formula is C62H44N2OSi. The molecule has 312 valence electrons. The monoisotopic (exact) mass is 860 g/mol. The lowest BCUT2D eigenvalue weighted by Crippen LogP contribution is -2.56. The van der Waals surface area contributed by atoms with Gasteiger partial charge in [-0.25, -0.2) is 0 Å². The second kappa shape index (κ2) is 14.9. The third-order valence-corrected chi connectivity index (χ3v) is 17.5. The van der Waals surface area contributed by atoms with E-state index in [9.17, 15) is 0 Å². The molecule has 1 aliphatic rings. The van der Waals surface area contributed by atoms with Crippen LogP contribution in [0.15, 0.2) is 235 Å². The number of para-hydroxylation sites is 4. The fourth-order valence-electron chi connectivity index (χ4n) is 10.9. The fraction of sp³-hybridized carbons (Fsp3) is 0.0323. The number of furan rings is 1. The van der Waals surface area contributed by atoms with E-state index in [1.807, 2.05) is 0 Å². The first-order valence-corrected chi connectivity index (χ1v) is 25.8. The Balaban J connectivity index is 0.966. The SMILES string of the molecule is C[Si]1(C)c2cc(N(c3ccccc3)c3ccccc3)ccc2-c2cc3c4ccccc4c(-c4ccc5c(c4)oc4cc(N(c6ccccc6)c6ccccc6)ccc45)cc3c3cccc1c23. The summed E-state index contributed by atoms with van der Waals surface area (Å²) in [6, 6.07) is 84.1. The van der Waals surface area contributed by atoms with Gasteiger partial charge in [0.15, 0.2) is 0 Å². The van der Waals surface area contributed by atoms with Gasteiger partial charge in [0.1, 0.15) is 19.2 Å². The minimum absolute atomic E-state index is 0.868. The standard InChI is InChI=1S/C62H44N2OSi/c1-66(2)60-29-17-28-53-56-39-54(41-30-33-50-51-34-31-46(37-59(51)65-58(50)36-41)63(42-18-7-3-8-19-42)43-20-9-4-10-21-43)48-26-15-16-27-49(48)55(56)40-57(62(53)60)52-35-32-47(38-61(52)66)64(44-22-11-5-12-23-44)45-24-13-6-14-25-45/h3-40H,1-2H3. The van der Waals surface area contributed by atoms with Crippen molar-refractivity contribution in [2.24, 2.45) is 0 Å². The first-order valence-electron chi connectivity index (χ1n) is 22.8. The zero-order valence-electron chi connectivity index (χ0n) is 36.7. The minimum Gasteiger partial charge on any atom is -0.456 e. The lowest BCUT2D eigenvalue weighted by molar-refractivity contribution is 0.669. The number of nitrogens with zero attached hydrogens (tertiary/aromatic N) is 2. The van der Waals surface area contributed by atoms with E-state index in [0.717, 1.165) is 55.9 Å². The Morgan fingerprint density at radius 3 is 1.41 bits per heavy atom. The maximum atomic E-state index is 6.80. The van der Waals surface area contributed by atoms with Crippen LogP contribution in [0.1, 0.15) is 0 Å². The molecular weight excluding hydrogens is 817 g/mol. The van der Waals surface area contributed by atoms with Crippen LogP contribution < -0.4 is 20.2 Å². The van der Waals surface area contributed by atoms with Gasteiger partial charge in [-0.05, 0) is 162 Å². The largest absolute Gasteiger partial charge is 0.456 e. The molecule has 11 aromatic carbocycles. The highest BCUT2D eigenvalue weighted by Crippen LogP contribution is 2.46. The Bertz CT molecular complexity index is 3770. The van der Waals surface area contributed by atoms with Crippen LogP contribution in [0.2, 0.25) is 13.1 Å². The van der Waals surface area contributed by atoms with Crippen LogP contribution in [-0.2, 0) is 0 Å². The maximum Gasteiger partial charge on any atom is 0.137 e. The number of fused-ring (bicyclic) bond motifs is 9. The van der Waals surface area contributed by atoms with Gasteiger partial charge in [-0.1, -0.05) is 140 Å². The topological polar surface area (TPSA) is 19.6 Å². The van der Waals surface area contributed by atoms with E-state index in [2.05, 4.69) is 253 Å². The molecule has 0 saturated carbocycles. The van der Waals surface area contributed by atoms with Crippen LogP contribution in [0.4, 0.5) is 34.1 Å². The highest BCUT2D eigenvalue weighted by atomic mass is 28.3. The predicted molar refractivity (Wildman–Crippen MR) is 283 cm³/mol. The number of benzene rings is 11. The van der Waals surface area contributed by atoms with Crippen molar-refractivity contribution in [3.05, 3.63) is 231 Å². The molecule has 0 amide bonds. The van der Waals surface area contributed by atoms with Crippen molar-refractivity contribution in [1.29, 1.82) is 0 Å². The van der Waals surface area contributed by atoms with Crippen molar-refractivity contribution in [3.63, 3.8) is 0 Å². The van der Waals surface area contributed by atoms with E-state index < -0.39 is 8.07 Å². The Hall–Kier alpha value is -8.18. The number of hydrogen-bond donors (Lipinski definition) is 0. The van der Waals surface area contributed by atoms with Gasteiger partial charge in [-0.3, -0.25) is 0 Å². The molecule has 0 N–H and O–H groups in total. The van der Waals surface area contributed by atoms with Crippen LogP contribution in [0.3, 0.4) is 0 Å². The highest BCUT2D eigenvalue weighted by molar-refractivity contribution is 7.03. The van der Waals surface area contributed by atoms with E-state index in [4.69, 9.17) is 4.42 Å². The molecule has 0 atom stereocenters. The van der Waals surface area contributed by atoms with Gasteiger partial charge in [0.05, 0.1) is 0 Å². The van der Waals surface area contributed by atoms with Crippen molar-refractivity contribution in [2.45, 2.75) is 13.1 Å². The molecule has 0 saturated heterocycles. The maximum absolute atomic E-state index is 6.80. The van der Waals surface area contributed by atoms with Crippen molar-refractivity contribution in [2.75, 3.05) is 9.80 Å². The summed E-state index contributed by atoms with van der Waals surface area (Å²) in [6.45, 7) is 5.07. The van der Waals surface area contributed by atoms with Crippen molar-refractivity contribution in [1.82, 2.24) is 0 Å². The first-order chi connectivity index (χ1) is 32.5. The summed E-state index contributed by atoms with van der Waals surface area (Å²) in [6.07, 6.45) is 0. The molecule has 4 heteroatoms. The number of anilines is 6. The fourth-order valence-corrected chi connectivity index (χ4v) is 14.0. The molecule has 12 aromatic rings. The van der Waals surface area contributed by atoms with Crippen LogP contribution in [-0.4, -0.2) is 8.07 Å². The summed E-state index contributed by atoms with van der Waals surface area (Å²) in [5.41, 5.74) is 13.5. The Morgan fingerprint density at radius 2 is 0.788 bits per heavy atom. The Kier molecular flexibility index (Phi) is 8.67. The zero-order valence-corrected chi connectivity index (χ0v) is 37.7. The predicted octanol–water partition coefficient (Wildman–Crippen LogP) is 16.5. The highest BCUT2D eigenvalue weighted by Gasteiger charge is 2.36. The summed E-state index contributed by atoms with van der Waals surface area (Å²) in [5.74, 6) is 0. The van der Waals surface area contributed by atoms with Crippen molar-refractivity contribution >= 4 is 107 Å². The molecule has 0 unspecified atom stereocenters. The zero-order chi connectivity index (χ0) is 43.9. The van der Waals surface area contributed by atoms with Crippen molar-refractivity contribution < 1.29 is 4.42 Å². The molecule has 1 aromatic heterocycles. The minimum atomic E-state index is -2.20. The lowest BCUT2D eigenvalue weighted by Gasteiger charge is -2.35. The molecule has 66 heavy (non-hydrogen) atoms. The van der Waals surface area contributed by atoms with E-state index in [0.29, 0.717) is 0 Å². The van der Waals surface area contributed by atoms with Gasteiger partial charge in [0.25, 0.3) is 0 Å². The smallest absolute Gasteiger partial charge is 0.137 e. The summed E-state index contributed by atoms with van der Waals surface area (Å²) >= 11 is 0. The summed E-state index contributed by atoms with van der Waals surface area (Å²) in [4.78, 5) is 4.67. The van der Waals surface area contributed by atoms with E-state index in [-0.39, 0.29) is 0 Å². The number of hydrogen-bond acceptors (Lipinski definition) is 3. The second-order valence-electron chi connectivity index (χ2n) is 18.1. The van der Waals surface area contributed by atoms with Gasteiger partial charge in [-0.15, -0.1) is 0 Å². The van der Waals surface area contributed by atoms with E-state index in [1.54, 1.807) is 0 Å². The molecule has 0 radical (unpaired) electrons. The molecule has 1 aliphatic heterocycles. The van der Waals surface area contributed by atoms with Gasteiger partial charge in [-0.2, -0.15) is 0 Å². The molecule has 0 fully saturated rings. The van der Waals surface area contributed by atoms with Crippen LogP contribution >= 0.6 is 0 Å². The number of rotatable bonds is 7. The average molecular weight is 861 g/mol. The van der Waals surface area contributed by atoms with E-state index in [1.165, 1.54) is 65.1 Å². The van der Waals surface area contributed by atoms with Gasteiger partial charge < -0.3 is 14.2 Å². The molecule has 0 bridgehead atoms. The van der Waals surface area contributed by atoms with Gasteiger partial charge in [0.2, 0.25) is 0 Å². The Labute approximate surface area is 385 Å².